The van der Waals surface area contributed by atoms with Gasteiger partial charge in [0, 0.05) is 0 Å². The standard InChI is InChI=1S/C14H28O/c1-3-5-7-8-9-10-11-13-14(15)12-6-4-2/h8-9,14-15H,3-7,10-13H2,1-2H3. The molecule has 0 bridgehead atoms. The molecule has 15 heavy (non-hydrogen) atoms. The summed E-state index contributed by atoms with van der Waals surface area (Å²) < 4.78 is 0. The van der Waals surface area contributed by atoms with Crippen LogP contribution in [0.25, 0.3) is 0 Å². The van der Waals surface area contributed by atoms with Crippen molar-refractivity contribution in [3.8, 4) is 0 Å². The van der Waals surface area contributed by atoms with Crippen molar-refractivity contribution in [3.63, 3.8) is 0 Å². The van der Waals surface area contributed by atoms with Gasteiger partial charge in [-0.3, -0.25) is 0 Å². The Balaban J connectivity index is 3.18. The maximum absolute atomic E-state index is 9.60. The van der Waals surface area contributed by atoms with Crippen LogP contribution in [0.15, 0.2) is 12.2 Å². The van der Waals surface area contributed by atoms with E-state index in [-0.39, 0.29) is 6.10 Å². The van der Waals surface area contributed by atoms with Crippen LogP contribution in [0.1, 0.15) is 71.6 Å². The monoisotopic (exact) mass is 212 g/mol. The lowest BCUT2D eigenvalue weighted by Crippen LogP contribution is -2.05. The van der Waals surface area contributed by atoms with Crippen LogP contribution in [0.4, 0.5) is 0 Å². The summed E-state index contributed by atoms with van der Waals surface area (Å²) in [5.74, 6) is 0. The maximum Gasteiger partial charge on any atom is 0.0540 e. The number of hydrogen-bond acceptors (Lipinski definition) is 1. The normalized spacial score (nSPS) is 13.5. The van der Waals surface area contributed by atoms with Crippen LogP contribution in [-0.2, 0) is 0 Å². The minimum absolute atomic E-state index is 0.0611. The molecule has 0 amide bonds. The molecule has 0 aromatic carbocycles. The predicted octanol–water partition coefficient (Wildman–Crippen LogP) is 4.45. The summed E-state index contributed by atoms with van der Waals surface area (Å²) in [6.07, 6.45) is 14.8. The van der Waals surface area contributed by atoms with Crippen molar-refractivity contribution in [2.75, 3.05) is 0 Å². The lowest BCUT2D eigenvalue weighted by atomic mass is 10.1. The van der Waals surface area contributed by atoms with Gasteiger partial charge in [-0.15, -0.1) is 0 Å². The summed E-state index contributed by atoms with van der Waals surface area (Å²) in [6.45, 7) is 4.39. The van der Waals surface area contributed by atoms with E-state index in [0.717, 1.165) is 32.1 Å². The summed E-state index contributed by atoms with van der Waals surface area (Å²) in [7, 11) is 0. The second-order valence-corrected chi connectivity index (χ2v) is 4.34. The second-order valence-electron chi connectivity index (χ2n) is 4.34. The van der Waals surface area contributed by atoms with E-state index in [1.54, 1.807) is 0 Å². The van der Waals surface area contributed by atoms with E-state index in [0.29, 0.717) is 0 Å². The van der Waals surface area contributed by atoms with Crippen molar-refractivity contribution in [2.45, 2.75) is 77.7 Å². The fourth-order valence-electron chi connectivity index (χ4n) is 1.61. The summed E-state index contributed by atoms with van der Waals surface area (Å²) in [5.41, 5.74) is 0. The number of aliphatic hydroxyl groups is 1. The highest BCUT2D eigenvalue weighted by Gasteiger charge is 2.01. The molecule has 1 heteroatoms. The predicted molar refractivity (Wildman–Crippen MR) is 68.0 cm³/mol. The van der Waals surface area contributed by atoms with E-state index in [1.165, 1.54) is 25.7 Å². The van der Waals surface area contributed by atoms with Gasteiger partial charge in [-0.25, -0.2) is 0 Å². The molecule has 1 atom stereocenters. The Bertz CT molecular complexity index is 140. The Morgan fingerprint density at radius 3 is 2.00 bits per heavy atom. The molecule has 0 aromatic rings. The third kappa shape index (κ3) is 11.6. The molecule has 0 aliphatic heterocycles. The minimum Gasteiger partial charge on any atom is -0.393 e. The Morgan fingerprint density at radius 2 is 1.40 bits per heavy atom. The van der Waals surface area contributed by atoms with E-state index >= 15 is 0 Å². The summed E-state index contributed by atoms with van der Waals surface area (Å²) in [5, 5.41) is 9.60. The van der Waals surface area contributed by atoms with Gasteiger partial charge in [-0.2, -0.15) is 0 Å². The molecule has 1 unspecified atom stereocenters. The molecule has 90 valence electrons. The van der Waals surface area contributed by atoms with Gasteiger partial charge in [-0.1, -0.05) is 51.7 Å². The lowest BCUT2D eigenvalue weighted by molar-refractivity contribution is 0.149. The molecule has 0 radical (unpaired) electrons. The molecule has 1 nitrogen and oxygen atoms in total. The number of aliphatic hydroxyl groups excluding tert-OH is 1. The molecule has 0 aliphatic rings. The first-order valence-electron chi connectivity index (χ1n) is 6.64. The zero-order chi connectivity index (χ0) is 11.4. The van der Waals surface area contributed by atoms with Crippen molar-refractivity contribution in [1.29, 1.82) is 0 Å². The van der Waals surface area contributed by atoms with Crippen LogP contribution in [0, 0.1) is 0 Å². The average Bonchev–Trinajstić information content (AvgIpc) is 2.25. The van der Waals surface area contributed by atoms with Gasteiger partial charge in [-0.05, 0) is 32.1 Å². The molecule has 0 saturated heterocycles. The molecule has 0 aromatic heterocycles. The summed E-state index contributed by atoms with van der Waals surface area (Å²) >= 11 is 0. The van der Waals surface area contributed by atoms with E-state index in [4.69, 9.17) is 0 Å². The Morgan fingerprint density at radius 1 is 0.867 bits per heavy atom. The van der Waals surface area contributed by atoms with Crippen LogP contribution >= 0.6 is 0 Å². The first kappa shape index (κ1) is 14.7. The van der Waals surface area contributed by atoms with Gasteiger partial charge in [0.05, 0.1) is 6.10 Å². The summed E-state index contributed by atoms with van der Waals surface area (Å²) in [6, 6.07) is 0. The van der Waals surface area contributed by atoms with Gasteiger partial charge in [0.25, 0.3) is 0 Å². The SMILES string of the molecule is CCCCC=CCCCC(O)CCCC. The first-order valence-corrected chi connectivity index (χ1v) is 6.64. The molecule has 0 aliphatic carbocycles. The molecular weight excluding hydrogens is 184 g/mol. The van der Waals surface area contributed by atoms with E-state index in [9.17, 15) is 5.11 Å². The third-order valence-electron chi connectivity index (χ3n) is 2.69. The zero-order valence-corrected chi connectivity index (χ0v) is 10.5. The lowest BCUT2D eigenvalue weighted by Gasteiger charge is -2.07. The Hall–Kier alpha value is -0.300. The minimum atomic E-state index is -0.0611. The number of hydrogen-bond donors (Lipinski definition) is 1. The van der Waals surface area contributed by atoms with Crippen LogP contribution in [0.3, 0.4) is 0 Å². The molecule has 0 spiro atoms. The number of unbranched alkanes of at least 4 members (excludes halogenated alkanes) is 4. The van der Waals surface area contributed by atoms with Crippen molar-refractivity contribution in [2.24, 2.45) is 0 Å². The van der Waals surface area contributed by atoms with Crippen molar-refractivity contribution >= 4 is 0 Å². The second kappa shape index (κ2) is 11.8. The van der Waals surface area contributed by atoms with Crippen LogP contribution in [0.2, 0.25) is 0 Å². The van der Waals surface area contributed by atoms with Crippen LogP contribution in [0.5, 0.6) is 0 Å². The van der Waals surface area contributed by atoms with Crippen molar-refractivity contribution in [3.05, 3.63) is 12.2 Å². The maximum atomic E-state index is 9.60. The quantitative estimate of drug-likeness (QED) is 0.419. The topological polar surface area (TPSA) is 20.2 Å². The highest BCUT2D eigenvalue weighted by molar-refractivity contribution is 4.81. The highest BCUT2D eigenvalue weighted by atomic mass is 16.3. The van der Waals surface area contributed by atoms with Crippen LogP contribution < -0.4 is 0 Å². The fraction of sp³-hybridized carbons (Fsp3) is 0.857. The van der Waals surface area contributed by atoms with Gasteiger partial charge in [0.2, 0.25) is 0 Å². The van der Waals surface area contributed by atoms with Gasteiger partial charge >= 0.3 is 0 Å². The van der Waals surface area contributed by atoms with E-state index in [2.05, 4.69) is 26.0 Å². The molecular formula is C14H28O. The van der Waals surface area contributed by atoms with Gasteiger partial charge in [0.1, 0.15) is 0 Å². The fourth-order valence-corrected chi connectivity index (χ4v) is 1.61. The molecule has 1 N–H and O–H groups in total. The van der Waals surface area contributed by atoms with Gasteiger partial charge < -0.3 is 5.11 Å². The Kier molecular flexibility index (Phi) is 11.5. The number of allylic oxidation sites excluding steroid dienone is 2. The summed E-state index contributed by atoms with van der Waals surface area (Å²) in [4.78, 5) is 0. The largest absolute Gasteiger partial charge is 0.393 e. The third-order valence-corrected chi connectivity index (χ3v) is 2.69. The van der Waals surface area contributed by atoms with E-state index in [1.807, 2.05) is 0 Å². The average molecular weight is 212 g/mol. The molecule has 0 fully saturated rings. The first-order chi connectivity index (χ1) is 7.31. The van der Waals surface area contributed by atoms with Crippen molar-refractivity contribution in [1.82, 2.24) is 0 Å². The molecule has 0 saturated carbocycles. The van der Waals surface area contributed by atoms with Crippen molar-refractivity contribution < 1.29 is 5.11 Å². The molecule has 0 rings (SSSR count). The zero-order valence-electron chi connectivity index (χ0n) is 10.5. The Labute approximate surface area is 95.6 Å². The highest BCUT2D eigenvalue weighted by Crippen LogP contribution is 2.08. The smallest absolute Gasteiger partial charge is 0.0540 e. The van der Waals surface area contributed by atoms with E-state index < -0.39 is 0 Å². The molecule has 0 heterocycles. The van der Waals surface area contributed by atoms with Crippen LogP contribution in [-0.4, -0.2) is 11.2 Å². The van der Waals surface area contributed by atoms with Gasteiger partial charge in [0.15, 0.2) is 0 Å². The number of rotatable bonds is 10.